The minimum atomic E-state index is -1.01. The molecule has 4 rings (SSSR count). The van der Waals surface area contributed by atoms with Crippen LogP contribution in [0, 0.1) is 0 Å². The van der Waals surface area contributed by atoms with Crippen LogP contribution < -0.4 is 0 Å². The molecule has 5 nitrogen and oxygen atoms in total. The fraction of sp³-hybridized carbons (Fsp3) is 0.100. The van der Waals surface area contributed by atoms with E-state index in [4.69, 9.17) is 9.47 Å². The summed E-state index contributed by atoms with van der Waals surface area (Å²) < 4.78 is 11.3. The zero-order valence-electron chi connectivity index (χ0n) is 13.3. The van der Waals surface area contributed by atoms with Crippen LogP contribution in [0.25, 0.3) is 16.7 Å². The van der Waals surface area contributed by atoms with Crippen LogP contribution in [0.1, 0.15) is 28.9 Å². The first kappa shape index (κ1) is 15.2. The minimum absolute atomic E-state index is 0.181. The first-order valence-corrected chi connectivity index (χ1v) is 7.95. The molecule has 0 fully saturated rings. The number of benzene rings is 1. The van der Waals surface area contributed by atoms with Crippen molar-refractivity contribution in [2.24, 2.45) is 0 Å². The average molecular weight is 333 g/mol. The van der Waals surface area contributed by atoms with Gasteiger partial charge in [0.25, 0.3) is 0 Å². The van der Waals surface area contributed by atoms with Gasteiger partial charge in [0.2, 0.25) is 0 Å². The van der Waals surface area contributed by atoms with E-state index in [1.165, 1.54) is 12.3 Å². The minimum Gasteiger partial charge on any atom is -0.478 e. The Morgan fingerprint density at radius 2 is 2.00 bits per heavy atom. The molecule has 25 heavy (non-hydrogen) atoms. The Labute approximate surface area is 144 Å². The second-order valence-corrected chi connectivity index (χ2v) is 5.74. The Bertz CT molecular complexity index is 982. The number of hydrogen-bond donors (Lipinski definition) is 1. The molecule has 0 atom stereocenters. The number of allylic oxidation sites excluding steroid dienone is 4. The number of hydrogen-bond acceptors (Lipinski definition) is 4. The van der Waals surface area contributed by atoms with E-state index in [2.05, 4.69) is 11.1 Å². The summed E-state index contributed by atoms with van der Waals surface area (Å²) in [6.07, 6.45) is 10.9. The predicted molar refractivity (Wildman–Crippen MR) is 93.4 cm³/mol. The summed E-state index contributed by atoms with van der Waals surface area (Å²) in [5.41, 5.74) is 2.24. The van der Waals surface area contributed by atoms with Crippen LogP contribution in [-0.4, -0.2) is 16.1 Å². The quantitative estimate of drug-likeness (QED) is 0.902. The van der Waals surface area contributed by atoms with Crippen molar-refractivity contribution in [1.82, 2.24) is 4.98 Å². The second-order valence-electron chi connectivity index (χ2n) is 5.74. The highest BCUT2D eigenvalue weighted by molar-refractivity contribution is 6.03. The molecule has 5 heteroatoms. The number of pyridine rings is 1. The molecule has 0 saturated heterocycles. The van der Waals surface area contributed by atoms with Gasteiger partial charge in [-0.3, -0.25) is 0 Å². The largest absolute Gasteiger partial charge is 0.478 e. The van der Waals surface area contributed by atoms with Crippen molar-refractivity contribution in [3.63, 3.8) is 0 Å². The third-order valence-corrected chi connectivity index (χ3v) is 4.10. The van der Waals surface area contributed by atoms with Gasteiger partial charge in [0, 0.05) is 5.39 Å². The van der Waals surface area contributed by atoms with Crippen molar-refractivity contribution in [2.75, 3.05) is 0 Å². The normalized spacial score (nSPS) is 16.4. The van der Waals surface area contributed by atoms with Gasteiger partial charge in [-0.25, -0.2) is 9.78 Å². The molecule has 0 saturated carbocycles. The summed E-state index contributed by atoms with van der Waals surface area (Å²) in [4.78, 5) is 16.1. The summed E-state index contributed by atoms with van der Waals surface area (Å²) in [5, 5.41) is 10.1. The molecule has 1 aromatic carbocycles. The fourth-order valence-electron chi connectivity index (χ4n) is 2.86. The first-order valence-electron chi connectivity index (χ1n) is 7.95. The lowest BCUT2D eigenvalue weighted by atomic mass is 10.0. The van der Waals surface area contributed by atoms with Crippen molar-refractivity contribution >= 4 is 22.6 Å². The van der Waals surface area contributed by atoms with Gasteiger partial charge >= 0.3 is 5.97 Å². The molecular weight excluding hydrogens is 318 g/mol. The van der Waals surface area contributed by atoms with Gasteiger partial charge in [-0.05, 0) is 30.5 Å². The van der Waals surface area contributed by atoms with Gasteiger partial charge in [0.15, 0.2) is 11.5 Å². The van der Waals surface area contributed by atoms with Crippen LogP contribution in [0.3, 0.4) is 0 Å². The van der Waals surface area contributed by atoms with E-state index >= 15 is 0 Å². The smallest absolute Gasteiger partial charge is 0.336 e. The van der Waals surface area contributed by atoms with Crippen molar-refractivity contribution in [3.05, 3.63) is 83.7 Å². The Balaban J connectivity index is 1.72. The van der Waals surface area contributed by atoms with E-state index in [0.29, 0.717) is 28.1 Å². The van der Waals surface area contributed by atoms with Crippen molar-refractivity contribution in [3.8, 4) is 0 Å². The van der Waals surface area contributed by atoms with E-state index in [9.17, 15) is 9.90 Å². The molecule has 124 valence electrons. The summed E-state index contributed by atoms with van der Waals surface area (Å²) in [5.74, 6) is 0.00274. The van der Waals surface area contributed by atoms with Gasteiger partial charge in [0.05, 0.1) is 11.1 Å². The maximum atomic E-state index is 11.6. The molecule has 2 aromatic rings. The van der Waals surface area contributed by atoms with Gasteiger partial charge in [0.1, 0.15) is 18.2 Å². The van der Waals surface area contributed by atoms with Gasteiger partial charge in [-0.1, -0.05) is 36.4 Å². The molecule has 0 bridgehead atoms. The lowest BCUT2D eigenvalue weighted by Gasteiger charge is -2.19. The highest BCUT2D eigenvalue weighted by atomic mass is 16.5. The summed E-state index contributed by atoms with van der Waals surface area (Å²) in [7, 11) is 0. The standard InChI is InChI=1S/C20H15NO4/c22-20(23)15-10-17(21-16-9-5-4-8-14(15)16)19-12-24-11-18(25-19)13-6-2-1-3-7-13/h1-2,4-6,8-12H,3,7H2,(H,22,23). The van der Waals surface area contributed by atoms with Crippen molar-refractivity contribution < 1.29 is 19.4 Å². The Hall–Kier alpha value is -3.34. The van der Waals surface area contributed by atoms with Gasteiger partial charge in [-0.2, -0.15) is 0 Å². The highest BCUT2D eigenvalue weighted by Crippen LogP contribution is 2.31. The molecule has 1 aliphatic carbocycles. The molecule has 1 aromatic heterocycles. The van der Waals surface area contributed by atoms with E-state index in [1.54, 1.807) is 24.5 Å². The lowest BCUT2D eigenvalue weighted by molar-refractivity contribution is 0.0699. The number of rotatable bonds is 3. The summed E-state index contributed by atoms with van der Waals surface area (Å²) in [6, 6.07) is 8.65. The Morgan fingerprint density at radius 3 is 2.80 bits per heavy atom. The molecule has 0 spiro atoms. The molecule has 1 aliphatic heterocycles. The molecule has 0 amide bonds. The van der Waals surface area contributed by atoms with Crippen molar-refractivity contribution in [1.29, 1.82) is 0 Å². The number of para-hydroxylation sites is 1. The van der Waals surface area contributed by atoms with Crippen LogP contribution >= 0.6 is 0 Å². The maximum absolute atomic E-state index is 11.6. The highest BCUT2D eigenvalue weighted by Gasteiger charge is 2.20. The number of carboxylic acid groups (broad SMARTS) is 1. The van der Waals surface area contributed by atoms with E-state index < -0.39 is 5.97 Å². The number of nitrogens with zero attached hydrogens (tertiary/aromatic N) is 1. The number of carbonyl (C=O) groups is 1. The molecule has 2 heterocycles. The third-order valence-electron chi connectivity index (χ3n) is 4.10. The number of fused-ring (bicyclic) bond motifs is 1. The Morgan fingerprint density at radius 1 is 1.16 bits per heavy atom. The number of ether oxygens (including phenoxy) is 2. The summed E-state index contributed by atoms with van der Waals surface area (Å²) in [6.45, 7) is 0. The molecule has 1 N–H and O–H groups in total. The van der Waals surface area contributed by atoms with Gasteiger partial charge < -0.3 is 14.6 Å². The van der Waals surface area contributed by atoms with E-state index in [-0.39, 0.29) is 5.56 Å². The van der Waals surface area contributed by atoms with Gasteiger partial charge in [-0.15, -0.1) is 0 Å². The summed E-state index contributed by atoms with van der Waals surface area (Å²) >= 11 is 0. The first-order chi connectivity index (χ1) is 12.2. The number of carboxylic acids is 1. The lowest BCUT2D eigenvalue weighted by Crippen LogP contribution is -2.07. The molecular formula is C20H15NO4. The van der Waals surface area contributed by atoms with E-state index in [1.807, 2.05) is 18.2 Å². The maximum Gasteiger partial charge on any atom is 0.336 e. The molecule has 0 radical (unpaired) electrons. The van der Waals surface area contributed by atoms with Crippen LogP contribution in [0.2, 0.25) is 0 Å². The van der Waals surface area contributed by atoms with Crippen LogP contribution in [0.4, 0.5) is 0 Å². The number of aromatic carboxylic acids is 1. The average Bonchev–Trinajstić information content (AvgIpc) is 2.68. The van der Waals surface area contributed by atoms with Crippen molar-refractivity contribution in [2.45, 2.75) is 12.8 Å². The zero-order valence-corrected chi connectivity index (χ0v) is 13.3. The SMILES string of the molecule is O=C(O)c1cc(C2=COC=C(C3=CC=CCC3)O2)nc2ccccc12. The van der Waals surface area contributed by atoms with Crippen LogP contribution in [0.5, 0.6) is 0 Å². The topological polar surface area (TPSA) is 68.7 Å². The second kappa shape index (κ2) is 6.28. The monoisotopic (exact) mass is 333 g/mol. The third kappa shape index (κ3) is 2.92. The van der Waals surface area contributed by atoms with E-state index in [0.717, 1.165) is 18.4 Å². The Kier molecular flexibility index (Phi) is 3.82. The number of aromatic nitrogens is 1. The predicted octanol–water partition coefficient (Wildman–Crippen LogP) is 4.40. The van der Waals surface area contributed by atoms with Crippen LogP contribution in [0.15, 0.2) is 72.4 Å². The van der Waals surface area contributed by atoms with Crippen LogP contribution in [-0.2, 0) is 9.47 Å². The fourth-order valence-corrected chi connectivity index (χ4v) is 2.86. The molecule has 0 unspecified atom stereocenters. The molecule has 2 aliphatic rings. The zero-order chi connectivity index (χ0) is 17.2.